The Morgan fingerprint density at radius 1 is 1.22 bits per heavy atom. The number of pyridine rings is 1. The number of carbonyl (C=O) groups is 1. The van der Waals surface area contributed by atoms with Gasteiger partial charge in [-0.25, -0.2) is 18.6 Å². The van der Waals surface area contributed by atoms with E-state index in [1.807, 2.05) is 0 Å². The molecule has 2 aromatic rings. The fourth-order valence-corrected chi connectivity index (χ4v) is 2.80. The molecule has 5 nitrogen and oxygen atoms in total. The number of rotatable bonds is 3. The number of β-amino-alcohol motifs (C(OH)–C–C–N with tert-alkyl or cyclic N) is 1. The number of hydrogen-bond donors (Lipinski definition) is 2. The summed E-state index contributed by atoms with van der Waals surface area (Å²) in [6, 6.07) is 7.72. The van der Waals surface area contributed by atoms with Gasteiger partial charge in [0.25, 0.3) is 0 Å². The highest BCUT2D eigenvalue weighted by molar-refractivity contribution is 5.85. The molecule has 2 heterocycles. The fourth-order valence-electron chi connectivity index (χ4n) is 2.80. The van der Waals surface area contributed by atoms with Crippen LogP contribution in [0.1, 0.15) is 28.5 Å². The molecular weight excluding hydrogens is 306 g/mol. The minimum absolute atomic E-state index is 0.118. The second-order valence-electron chi connectivity index (χ2n) is 5.42. The van der Waals surface area contributed by atoms with E-state index in [0.29, 0.717) is 17.8 Å². The van der Waals surface area contributed by atoms with Gasteiger partial charge in [-0.15, -0.1) is 0 Å². The molecule has 1 aromatic carbocycles. The number of hydrogen-bond acceptors (Lipinski definition) is 4. The van der Waals surface area contributed by atoms with Gasteiger partial charge in [0.2, 0.25) is 0 Å². The summed E-state index contributed by atoms with van der Waals surface area (Å²) in [5, 5.41) is 19.0. The van der Waals surface area contributed by atoms with Crippen LogP contribution in [0.2, 0.25) is 0 Å². The van der Waals surface area contributed by atoms with Gasteiger partial charge in [0, 0.05) is 6.54 Å². The maximum atomic E-state index is 13.5. The van der Waals surface area contributed by atoms with Gasteiger partial charge in [0.1, 0.15) is 5.82 Å². The maximum absolute atomic E-state index is 13.5. The third kappa shape index (κ3) is 3.00. The van der Waals surface area contributed by atoms with Crippen molar-refractivity contribution < 1.29 is 23.8 Å². The van der Waals surface area contributed by atoms with Crippen LogP contribution in [0.3, 0.4) is 0 Å². The van der Waals surface area contributed by atoms with Gasteiger partial charge in [-0.3, -0.25) is 0 Å². The standard InChI is InChI=1S/C16H14F2N2O3/c17-11-5-4-9(6-12(11)18)14-7-10(21)8-20(14)15-3-1-2-13(19-15)16(22)23/h1-6,10,14,21H,7-8H2,(H,22,23). The molecule has 0 aliphatic carbocycles. The quantitative estimate of drug-likeness (QED) is 0.908. The highest BCUT2D eigenvalue weighted by Crippen LogP contribution is 2.35. The highest BCUT2D eigenvalue weighted by Gasteiger charge is 2.33. The van der Waals surface area contributed by atoms with E-state index >= 15 is 0 Å². The average molecular weight is 320 g/mol. The molecule has 2 atom stereocenters. The number of aliphatic hydroxyl groups is 1. The number of anilines is 1. The molecular formula is C16H14F2N2O3. The molecule has 23 heavy (non-hydrogen) atoms. The molecule has 0 bridgehead atoms. The van der Waals surface area contributed by atoms with E-state index in [9.17, 15) is 18.7 Å². The monoisotopic (exact) mass is 320 g/mol. The van der Waals surface area contributed by atoms with E-state index in [-0.39, 0.29) is 12.2 Å². The van der Waals surface area contributed by atoms with Gasteiger partial charge in [-0.2, -0.15) is 0 Å². The Balaban J connectivity index is 1.98. The first kappa shape index (κ1) is 15.4. The fraction of sp³-hybridized carbons (Fsp3) is 0.250. The first-order chi connectivity index (χ1) is 11.0. The molecule has 1 fully saturated rings. The summed E-state index contributed by atoms with van der Waals surface area (Å²) >= 11 is 0. The molecule has 1 aromatic heterocycles. The van der Waals surface area contributed by atoms with Crippen molar-refractivity contribution in [1.82, 2.24) is 4.98 Å². The molecule has 0 saturated carbocycles. The SMILES string of the molecule is O=C(O)c1cccc(N2CC(O)CC2c2ccc(F)c(F)c2)n1. The van der Waals surface area contributed by atoms with Crippen LogP contribution in [0, 0.1) is 11.6 Å². The Morgan fingerprint density at radius 2 is 2.00 bits per heavy atom. The Kier molecular flexibility index (Phi) is 3.96. The van der Waals surface area contributed by atoms with Crippen LogP contribution in [0.25, 0.3) is 0 Å². The van der Waals surface area contributed by atoms with Gasteiger partial charge in [0.05, 0.1) is 12.1 Å². The number of carboxylic acid groups (broad SMARTS) is 1. The van der Waals surface area contributed by atoms with Crippen molar-refractivity contribution in [3.63, 3.8) is 0 Å². The summed E-state index contributed by atoms with van der Waals surface area (Å²) < 4.78 is 26.6. The van der Waals surface area contributed by atoms with Crippen LogP contribution < -0.4 is 4.90 Å². The molecule has 2 N–H and O–H groups in total. The second-order valence-corrected chi connectivity index (χ2v) is 5.42. The number of carboxylic acids is 1. The van der Waals surface area contributed by atoms with Crippen molar-refractivity contribution in [3.8, 4) is 0 Å². The third-order valence-electron chi connectivity index (χ3n) is 3.86. The van der Waals surface area contributed by atoms with Gasteiger partial charge in [-0.1, -0.05) is 12.1 Å². The first-order valence-corrected chi connectivity index (χ1v) is 7.05. The van der Waals surface area contributed by atoms with Crippen molar-refractivity contribution in [1.29, 1.82) is 0 Å². The third-order valence-corrected chi connectivity index (χ3v) is 3.86. The van der Waals surface area contributed by atoms with Crippen molar-refractivity contribution in [2.45, 2.75) is 18.6 Å². The molecule has 1 saturated heterocycles. The van der Waals surface area contributed by atoms with Crippen molar-refractivity contribution in [3.05, 3.63) is 59.3 Å². The highest BCUT2D eigenvalue weighted by atomic mass is 19.2. The summed E-state index contributed by atoms with van der Waals surface area (Å²) in [5.41, 5.74) is 0.385. The molecule has 3 rings (SSSR count). The van der Waals surface area contributed by atoms with Crippen LogP contribution in [0.15, 0.2) is 36.4 Å². The van der Waals surface area contributed by atoms with Crippen LogP contribution in [0.5, 0.6) is 0 Å². The zero-order chi connectivity index (χ0) is 16.6. The molecule has 0 spiro atoms. The van der Waals surface area contributed by atoms with Crippen LogP contribution in [-0.4, -0.2) is 33.8 Å². The normalized spacial score (nSPS) is 20.7. The van der Waals surface area contributed by atoms with Gasteiger partial charge < -0.3 is 15.1 Å². The minimum Gasteiger partial charge on any atom is -0.477 e. The lowest BCUT2D eigenvalue weighted by Gasteiger charge is -2.26. The zero-order valence-corrected chi connectivity index (χ0v) is 12.0. The Morgan fingerprint density at radius 3 is 2.70 bits per heavy atom. The summed E-state index contributed by atoms with van der Waals surface area (Å²) in [5.74, 6) is -2.69. The lowest BCUT2D eigenvalue weighted by molar-refractivity contribution is 0.0690. The number of aromatic carboxylic acids is 1. The molecule has 2 unspecified atom stereocenters. The van der Waals surface area contributed by atoms with Crippen molar-refractivity contribution >= 4 is 11.8 Å². The average Bonchev–Trinajstić information content (AvgIpc) is 2.92. The lowest BCUT2D eigenvalue weighted by Crippen LogP contribution is -2.25. The Labute approximate surface area is 130 Å². The van der Waals surface area contributed by atoms with Gasteiger partial charge in [0.15, 0.2) is 17.3 Å². The number of aromatic nitrogens is 1. The Hall–Kier alpha value is -2.54. The van der Waals surface area contributed by atoms with E-state index in [2.05, 4.69) is 4.98 Å². The molecule has 0 radical (unpaired) electrons. The van der Waals surface area contributed by atoms with Crippen LogP contribution in [0.4, 0.5) is 14.6 Å². The number of benzene rings is 1. The summed E-state index contributed by atoms with van der Waals surface area (Å²) in [6.45, 7) is 0.236. The minimum atomic E-state index is -1.16. The second kappa shape index (κ2) is 5.92. The maximum Gasteiger partial charge on any atom is 0.354 e. The molecule has 0 amide bonds. The molecule has 7 heteroatoms. The summed E-state index contributed by atoms with van der Waals surface area (Å²) in [7, 11) is 0. The van der Waals surface area contributed by atoms with E-state index in [4.69, 9.17) is 5.11 Å². The van der Waals surface area contributed by atoms with Crippen molar-refractivity contribution in [2.24, 2.45) is 0 Å². The van der Waals surface area contributed by atoms with Crippen LogP contribution in [-0.2, 0) is 0 Å². The van der Waals surface area contributed by atoms with Crippen LogP contribution >= 0.6 is 0 Å². The van der Waals surface area contributed by atoms with Gasteiger partial charge >= 0.3 is 5.97 Å². The smallest absolute Gasteiger partial charge is 0.354 e. The largest absolute Gasteiger partial charge is 0.477 e. The number of nitrogens with zero attached hydrogens (tertiary/aromatic N) is 2. The molecule has 1 aliphatic heterocycles. The zero-order valence-electron chi connectivity index (χ0n) is 12.0. The predicted octanol–water partition coefficient (Wildman–Crippen LogP) is 2.37. The van der Waals surface area contributed by atoms with E-state index < -0.39 is 29.7 Å². The van der Waals surface area contributed by atoms with E-state index in [0.717, 1.165) is 12.1 Å². The van der Waals surface area contributed by atoms with Crippen molar-refractivity contribution in [2.75, 3.05) is 11.4 Å². The number of halogens is 2. The van der Waals surface area contributed by atoms with E-state index in [1.54, 1.807) is 17.0 Å². The van der Waals surface area contributed by atoms with E-state index in [1.165, 1.54) is 12.1 Å². The summed E-state index contributed by atoms with van der Waals surface area (Å²) in [4.78, 5) is 16.8. The first-order valence-electron chi connectivity index (χ1n) is 7.05. The predicted molar refractivity (Wildman–Crippen MR) is 78.3 cm³/mol. The Bertz CT molecular complexity index is 754. The summed E-state index contributed by atoms with van der Waals surface area (Å²) in [6.07, 6.45) is -0.340. The molecule has 120 valence electrons. The number of aliphatic hydroxyl groups excluding tert-OH is 1. The topological polar surface area (TPSA) is 73.7 Å². The lowest BCUT2D eigenvalue weighted by atomic mass is 10.0. The molecule has 1 aliphatic rings. The van der Waals surface area contributed by atoms with Gasteiger partial charge in [-0.05, 0) is 36.2 Å².